The first-order valence-electron chi connectivity index (χ1n) is 4.65. The summed E-state index contributed by atoms with van der Waals surface area (Å²) in [5.74, 6) is -0.242. The molecule has 1 heterocycles. The number of rotatable bonds is 2. The summed E-state index contributed by atoms with van der Waals surface area (Å²) in [6, 6.07) is 6.64. The Kier molecular flexibility index (Phi) is 2.84. The predicted octanol–water partition coefficient (Wildman–Crippen LogP) is 3.35. The molecule has 0 aliphatic carbocycles. The summed E-state index contributed by atoms with van der Waals surface area (Å²) >= 11 is 1.51. The Morgan fingerprint density at radius 3 is 2.73 bits per heavy atom. The van der Waals surface area contributed by atoms with E-state index in [0.29, 0.717) is 5.56 Å². The zero-order valence-corrected chi connectivity index (χ0v) is 9.14. The van der Waals surface area contributed by atoms with Crippen LogP contribution in [-0.2, 0) is 6.61 Å². The number of halogens is 1. The quantitative estimate of drug-likeness (QED) is 0.826. The lowest BCUT2D eigenvalue weighted by Crippen LogP contribution is -1.87. The summed E-state index contributed by atoms with van der Waals surface area (Å²) in [6.07, 6.45) is 0. The lowest BCUT2D eigenvalue weighted by atomic mass is 10.1. The first-order valence-corrected chi connectivity index (χ1v) is 5.53. The van der Waals surface area contributed by atoms with E-state index >= 15 is 0 Å². The Bertz CT molecular complexity index is 476. The minimum atomic E-state index is -0.242. The third-order valence-electron chi connectivity index (χ3n) is 2.21. The van der Waals surface area contributed by atoms with E-state index in [1.165, 1.54) is 17.4 Å². The largest absolute Gasteiger partial charge is 0.392 e. The minimum absolute atomic E-state index is 0.0579. The summed E-state index contributed by atoms with van der Waals surface area (Å²) in [6.45, 7) is 1.92. The molecule has 3 heteroatoms. The molecule has 15 heavy (non-hydrogen) atoms. The maximum absolute atomic E-state index is 13.5. The molecule has 0 bridgehead atoms. The van der Waals surface area contributed by atoms with Gasteiger partial charge in [0.1, 0.15) is 5.82 Å². The number of aryl methyl sites for hydroxylation is 1. The van der Waals surface area contributed by atoms with Crippen molar-refractivity contribution in [3.8, 4) is 10.4 Å². The Morgan fingerprint density at radius 1 is 1.33 bits per heavy atom. The molecule has 78 valence electrons. The average Bonchev–Trinajstić information content (AvgIpc) is 2.65. The third-order valence-corrected chi connectivity index (χ3v) is 3.29. The molecule has 0 saturated carbocycles. The van der Waals surface area contributed by atoms with Crippen molar-refractivity contribution in [2.45, 2.75) is 13.5 Å². The average molecular weight is 222 g/mol. The van der Waals surface area contributed by atoms with Gasteiger partial charge in [-0.05, 0) is 41.6 Å². The summed E-state index contributed by atoms with van der Waals surface area (Å²) in [4.78, 5) is 0.903. The SMILES string of the molecule is Cc1csc(-c2cc(CO)ccc2F)c1. The van der Waals surface area contributed by atoms with Crippen molar-refractivity contribution in [1.29, 1.82) is 0 Å². The van der Waals surface area contributed by atoms with Crippen LogP contribution < -0.4 is 0 Å². The van der Waals surface area contributed by atoms with Gasteiger partial charge in [-0.2, -0.15) is 0 Å². The molecule has 1 nitrogen and oxygen atoms in total. The van der Waals surface area contributed by atoms with Crippen molar-refractivity contribution in [1.82, 2.24) is 0 Å². The fourth-order valence-corrected chi connectivity index (χ4v) is 2.35. The smallest absolute Gasteiger partial charge is 0.131 e. The molecule has 0 atom stereocenters. The van der Waals surface area contributed by atoms with Crippen LogP contribution in [0.4, 0.5) is 4.39 Å². The first kappa shape index (κ1) is 10.3. The highest BCUT2D eigenvalue weighted by atomic mass is 32.1. The van der Waals surface area contributed by atoms with E-state index in [9.17, 15) is 4.39 Å². The summed E-state index contributed by atoms with van der Waals surface area (Å²) in [5.41, 5.74) is 2.43. The lowest BCUT2D eigenvalue weighted by molar-refractivity contribution is 0.282. The van der Waals surface area contributed by atoms with Crippen LogP contribution in [0.5, 0.6) is 0 Å². The van der Waals surface area contributed by atoms with Crippen molar-refractivity contribution < 1.29 is 9.50 Å². The van der Waals surface area contributed by atoms with E-state index in [1.54, 1.807) is 12.1 Å². The number of hydrogen-bond donors (Lipinski definition) is 1. The third kappa shape index (κ3) is 2.08. The Balaban J connectivity index is 2.51. The summed E-state index contributed by atoms with van der Waals surface area (Å²) in [5, 5.41) is 11.0. The molecule has 0 spiro atoms. The Morgan fingerprint density at radius 2 is 2.13 bits per heavy atom. The molecule has 2 aromatic rings. The van der Waals surface area contributed by atoms with Gasteiger partial charge in [-0.25, -0.2) is 4.39 Å². The Labute approximate surface area is 91.8 Å². The van der Waals surface area contributed by atoms with Gasteiger partial charge in [0.15, 0.2) is 0 Å². The Hall–Kier alpha value is -1.19. The van der Waals surface area contributed by atoms with Crippen molar-refractivity contribution >= 4 is 11.3 Å². The fourth-order valence-electron chi connectivity index (χ4n) is 1.43. The number of aliphatic hydroxyl groups excluding tert-OH is 1. The van der Waals surface area contributed by atoms with Crippen LogP contribution in [0.25, 0.3) is 10.4 Å². The highest BCUT2D eigenvalue weighted by Crippen LogP contribution is 2.29. The van der Waals surface area contributed by atoms with Crippen LogP contribution in [0.15, 0.2) is 29.6 Å². The first-order chi connectivity index (χ1) is 7.20. The van der Waals surface area contributed by atoms with Crippen LogP contribution in [0, 0.1) is 12.7 Å². The molecule has 1 aromatic carbocycles. The van der Waals surface area contributed by atoms with E-state index in [0.717, 1.165) is 16.0 Å². The van der Waals surface area contributed by atoms with Crippen LogP contribution in [0.1, 0.15) is 11.1 Å². The van der Waals surface area contributed by atoms with Crippen LogP contribution in [0.3, 0.4) is 0 Å². The molecule has 2 rings (SSSR count). The molecule has 0 saturated heterocycles. The number of hydrogen-bond acceptors (Lipinski definition) is 2. The van der Waals surface area contributed by atoms with Crippen LogP contribution >= 0.6 is 11.3 Å². The summed E-state index contributed by atoms with van der Waals surface area (Å²) < 4.78 is 13.5. The molecule has 0 amide bonds. The fraction of sp³-hybridized carbons (Fsp3) is 0.167. The second kappa shape index (κ2) is 4.13. The summed E-state index contributed by atoms with van der Waals surface area (Å²) in [7, 11) is 0. The zero-order chi connectivity index (χ0) is 10.8. The van der Waals surface area contributed by atoms with E-state index in [4.69, 9.17) is 5.11 Å². The molecular formula is C12H11FOS. The molecule has 0 fully saturated rings. The van der Waals surface area contributed by atoms with Gasteiger partial charge in [0, 0.05) is 10.4 Å². The van der Waals surface area contributed by atoms with Crippen molar-refractivity contribution in [3.63, 3.8) is 0 Å². The number of aliphatic hydroxyl groups is 1. The number of benzene rings is 1. The predicted molar refractivity (Wildman–Crippen MR) is 60.4 cm³/mol. The van der Waals surface area contributed by atoms with Gasteiger partial charge in [0.25, 0.3) is 0 Å². The highest BCUT2D eigenvalue weighted by molar-refractivity contribution is 7.13. The van der Waals surface area contributed by atoms with Gasteiger partial charge < -0.3 is 5.11 Å². The van der Waals surface area contributed by atoms with Gasteiger partial charge in [-0.1, -0.05) is 6.07 Å². The molecule has 0 aliphatic heterocycles. The molecule has 1 aromatic heterocycles. The molecular weight excluding hydrogens is 211 g/mol. The normalized spacial score (nSPS) is 10.6. The van der Waals surface area contributed by atoms with Gasteiger partial charge >= 0.3 is 0 Å². The lowest BCUT2D eigenvalue weighted by Gasteiger charge is -2.02. The van der Waals surface area contributed by atoms with Crippen molar-refractivity contribution in [2.24, 2.45) is 0 Å². The number of thiophene rings is 1. The van der Waals surface area contributed by atoms with Crippen LogP contribution in [-0.4, -0.2) is 5.11 Å². The van der Waals surface area contributed by atoms with E-state index in [2.05, 4.69) is 0 Å². The zero-order valence-electron chi connectivity index (χ0n) is 8.33. The molecule has 0 unspecified atom stereocenters. The van der Waals surface area contributed by atoms with Crippen molar-refractivity contribution in [2.75, 3.05) is 0 Å². The standard InChI is InChI=1S/C12H11FOS/c1-8-4-12(15-7-8)10-5-9(6-14)2-3-11(10)13/h2-5,7,14H,6H2,1H3. The maximum atomic E-state index is 13.5. The highest BCUT2D eigenvalue weighted by Gasteiger charge is 2.07. The minimum Gasteiger partial charge on any atom is -0.392 e. The molecule has 0 radical (unpaired) electrons. The second-order valence-electron chi connectivity index (χ2n) is 3.46. The van der Waals surface area contributed by atoms with Gasteiger partial charge in [-0.3, -0.25) is 0 Å². The van der Waals surface area contributed by atoms with Crippen LogP contribution in [0.2, 0.25) is 0 Å². The topological polar surface area (TPSA) is 20.2 Å². The van der Waals surface area contributed by atoms with E-state index in [1.807, 2.05) is 18.4 Å². The molecule has 0 aliphatic rings. The van der Waals surface area contributed by atoms with Gasteiger partial charge in [-0.15, -0.1) is 11.3 Å². The van der Waals surface area contributed by atoms with Crippen molar-refractivity contribution in [3.05, 3.63) is 46.6 Å². The van der Waals surface area contributed by atoms with E-state index < -0.39 is 0 Å². The van der Waals surface area contributed by atoms with E-state index in [-0.39, 0.29) is 12.4 Å². The second-order valence-corrected chi connectivity index (χ2v) is 4.37. The van der Waals surface area contributed by atoms with Gasteiger partial charge in [0.2, 0.25) is 0 Å². The molecule has 1 N–H and O–H groups in total. The monoisotopic (exact) mass is 222 g/mol. The van der Waals surface area contributed by atoms with Gasteiger partial charge in [0.05, 0.1) is 6.61 Å². The maximum Gasteiger partial charge on any atom is 0.131 e.